The van der Waals surface area contributed by atoms with Gasteiger partial charge in [-0.3, -0.25) is 0 Å². The molecule has 6 nitrogen and oxygen atoms in total. The van der Waals surface area contributed by atoms with Gasteiger partial charge in [-0.05, 0) is 48.4 Å². The molecule has 0 amide bonds. The lowest BCUT2D eigenvalue weighted by molar-refractivity contribution is 0.282. The smallest absolute Gasteiger partial charge is 0.320 e. The Labute approximate surface area is 162 Å². The molecule has 0 radical (unpaired) electrons. The maximum atomic E-state index is 9.39. The van der Waals surface area contributed by atoms with Crippen LogP contribution in [0.25, 0.3) is 22.8 Å². The molecule has 3 rings (SSSR count). The van der Waals surface area contributed by atoms with Crippen LogP contribution in [-0.4, -0.2) is 33.8 Å². The molecule has 2 aromatic carbocycles. The third kappa shape index (κ3) is 4.53. The van der Waals surface area contributed by atoms with Crippen LogP contribution in [0.5, 0.6) is 11.8 Å². The highest BCUT2D eigenvalue weighted by atomic mass is 35.5. The van der Waals surface area contributed by atoms with E-state index in [0.29, 0.717) is 34.4 Å². The highest BCUT2D eigenvalue weighted by Gasteiger charge is 2.14. The van der Waals surface area contributed by atoms with Crippen LogP contribution < -0.4 is 9.47 Å². The second kappa shape index (κ2) is 8.79. The summed E-state index contributed by atoms with van der Waals surface area (Å²) < 4.78 is 10.8. The van der Waals surface area contributed by atoms with Crippen molar-refractivity contribution in [1.29, 1.82) is 0 Å². The minimum absolute atomic E-state index is 0.0987. The molecule has 0 aliphatic rings. The third-order valence-electron chi connectivity index (χ3n) is 3.84. The van der Waals surface area contributed by atoms with Crippen molar-refractivity contribution in [3.8, 4) is 34.5 Å². The Morgan fingerprint density at radius 1 is 1.00 bits per heavy atom. The lowest BCUT2D eigenvalue weighted by Crippen LogP contribution is -2.01. The molecule has 0 saturated heterocycles. The van der Waals surface area contributed by atoms with Gasteiger partial charge in [0.05, 0.1) is 25.3 Å². The first kappa shape index (κ1) is 19.1. The molecule has 0 unspecified atom stereocenters. The molecule has 3 aromatic rings. The van der Waals surface area contributed by atoms with Crippen molar-refractivity contribution in [3.63, 3.8) is 0 Å². The number of hydrogen-bond acceptors (Lipinski definition) is 6. The summed E-state index contributed by atoms with van der Waals surface area (Å²) in [4.78, 5) is 13.2. The molecule has 0 saturated carbocycles. The van der Waals surface area contributed by atoms with Gasteiger partial charge in [-0.1, -0.05) is 24.6 Å². The van der Waals surface area contributed by atoms with Crippen molar-refractivity contribution in [2.24, 2.45) is 0 Å². The molecule has 0 atom stereocenters. The highest BCUT2D eigenvalue weighted by molar-refractivity contribution is 6.33. The van der Waals surface area contributed by atoms with Crippen LogP contribution in [-0.2, 0) is 6.61 Å². The largest absolute Gasteiger partial charge is 0.494 e. The summed E-state index contributed by atoms with van der Waals surface area (Å²) in [6, 6.07) is 12.9. The minimum atomic E-state index is -0.0987. The van der Waals surface area contributed by atoms with Crippen molar-refractivity contribution in [1.82, 2.24) is 15.0 Å². The van der Waals surface area contributed by atoms with Crippen LogP contribution in [0.3, 0.4) is 0 Å². The zero-order valence-electron chi connectivity index (χ0n) is 15.1. The lowest BCUT2D eigenvalue weighted by Gasteiger charge is -2.09. The van der Waals surface area contributed by atoms with Gasteiger partial charge in [0.15, 0.2) is 11.6 Å². The van der Waals surface area contributed by atoms with Gasteiger partial charge in [-0.15, -0.1) is 0 Å². The summed E-state index contributed by atoms with van der Waals surface area (Å²) >= 11 is 6.31. The van der Waals surface area contributed by atoms with E-state index in [-0.39, 0.29) is 12.6 Å². The molecule has 1 heterocycles. The van der Waals surface area contributed by atoms with Gasteiger partial charge >= 0.3 is 6.01 Å². The molecule has 0 spiro atoms. The highest BCUT2D eigenvalue weighted by Crippen LogP contribution is 2.29. The Balaban J connectivity index is 2.01. The molecule has 0 bridgehead atoms. The van der Waals surface area contributed by atoms with Gasteiger partial charge in [-0.2, -0.15) is 9.97 Å². The van der Waals surface area contributed by atoms with Crippen molar-refractivity contribution >= 4 is 11.6 Å². The van der Waals surface area contributed by atoms with Crippen LogP contribution >= 0.6 is 11.6 Å². The van der Waals surface area contributed by atoms with Gasteiger partial charge < -0.3 is 14.6 Å². The van der Waals surface area contributed by atoms with Crippen LogP contribution in [0, 0.1) is 0 Å². The number of methoxy groups -OCH3 is 1. The van der Waals surface area contributed by atoms with Crippen LogP contribution in [0.1, 0.15) is 18.9 Å². The number of nitrogens with zero attached hydrogens (tertiary/aromatic N) is 3. The van der Waals surface area contributed by atoms with E-state index in [4.69, 9.17) is 21.1 Å². The maximum absolute atomic E-state index is 9.39. The molecule has 0 aliphatic heterocycles. The fourth-order valence-electron chi connectivity index (χ4n) is 2.46. The van der Waals surface area contributed by atoms with Gasteiger partial charge in [0, 0.05) is 11.1 Å². The van der Waals surface area contributed by atoms with E-state index in [9.17, 15) is 5.11 Å². The van der Waals surface area contributed by atoms with E-state index in [2.05, 4.69) is 21.9 Å². The van der Waals surface area contributed by atoms with E-state index in [1.54, 1.807) is 18.2 Å². The monoisotopic (exact) mass is 385 g/mol. The zero-order chi connectivity index (χ0) is 19.2. The van der Waals surface area contributed by atoms with Crippen molar-refractivity contribution in [3.05, 3.63) is 53.1 Å². The summed E-state index contributed by atoms with van der Waals surface area (Å²) in [5.41, 5.74) is 2.12. The summed E-state index contributed by atoms with van der Waals surface area (Å²) in [6.07, 6.45) is 0.948. The standard InChI is InChI=1S/C20H20ClN3O3/c1-3-10-27-15-7-5-14(6-8-15)18-22-19(24-20(23-18)26-2)16-11-13(12-25)4-9-17(16)21/h4-9,11,25H,3,10,12H2,1-2H3. The molecule has 140 valence electrons. The van der Waals surface area contributed by atoms with Crippen LogP contribution in [0.4, 0.5) is 0 Å². The van der Waals surface area contributed by atoms with E-state index >= 15 is 0 Å². The molecular formula is C20H20ClN3O3. The zero-order valence-corrected chi connectivity index (χ0v) is 15.9. The van der Waals surface area contributed by atoms with Gasteiger partial charge in [0.1, 0.15) is 5.75 Å². The van der Waals surface area contributed by atoms with Crippen molar-refractivity contribution < 1.29 is 14.6 Å². The normalized spacial score (nSPS) is 10.7. The first-order valence-corrected chi connectivity index (χ1v) is 8.95. The Morgan fingerprint density at radius 3 is 2.41 bits per heavy atom. The number of aliphatic hydroxyl groups excluding tert-OH is 1. The number of ether oxygens (including phenoxy) is 2. The number of aromatic nitrogens is 3. The fraction of sp³-hybridized carbons (Fsp3) is 0.250. The quantitative estimate of drug-likeness (QED) is 0.658. The Kier molecular flexibility index (Phi) is 6.21. The van der Waals surface area contributed by atoms with Crippen LogP contribution in [0.15, 0.2) is 42.5 Å². The molecule has 27 heavy (non-hydrogen) atoms. The molecule has 1 N–H and O–H groups in total. The maximum Gasteiger partial charge on any atom is 0.320 e. The first-order chi connectivity index (χ1) is 13.1. The lowest BCUT2D eigenvalue weighted by atomic mass is 10.1. The Morgan fingerprint density at radius 2 is 1.74 bits per heavy atom. The van der Waals surface area contributed by atoms with E-state index in [1.165, 1.54) is 7.11 Å². The second-order valence-electron chi connectivity index (χ2n) is 5.81. The number of hydrogen-bond donors (Lipinski definition) is 1. The Hall–Kier alpha value is -2.70. The van der Waals surface area contributed by atoms with Gasteiger partial charge in [0.2, 0.25) is 0 Å². The second-order valence-corrected chi connectivity index (χ2v) is 6.22. The first-order valence-electron chi connectivity index (χ1n) is 8.57. The average molecular weight is 386 g/mol. The Bertz CT molecular complexity index is 917. The molecule has 0 fully saturated rings. The molecule has 0 aliphatic carbocycles. The number of aliphatic hydroxyl groups is 1. The molecule has 7 heteroatoms. The topological polar surface area (TPSA) is 77.4 Å². The van der Waals surface area contributed by atoms with Crippen molar-refractivity contribution in [2.45, 2.75) is 20.0 Å². The van der Waals surface area contributed by atoms with Crippen LogP contribution in [0.2, 0.25) is 5.02 Å². The van der Waals surface area contributed by atoms with E-state index in [0.717, 1.165) is 17.7 Å². The summed E-state index contributed by atoms with van der Waals surface area (Å²) in [7, 11) is 1.50. The molecule has 1 aromatic heterocycles. The van der Waals surface area contributed by atoms with Gasteiger partial charge in [0.25, 0.3) is 0 Å². The number of halogens is 1. The number of rotatable bonds is 7. The van der Waals surface area contributed by atoms with Crippen molar-refractivity contribution in [2.75, 3.05) is 13.7 Å². The predicted octanol–water partition coefficient (Wildman–Crippen LogP) is 4.15. The van der Waals surface area contributed by atoms with Gasteiger partial charge in [-0.25, -0.2) is 4.98 Å². The minimum Gasteiger partial charge on any atom is -0.494 e. The SMILES string of the molecule is CCCOc1ccc(-c2nc(OC)nc(-c3cc(CO)ccc3Cl)n2)cc1. The number of benzene rings is 2. The molecular weight excluding hydrogens is 366 g/mol. The van der Waals surface area contributed by atoms with E-state index < -0.39 is 0 Å². The fourth-order valence-corrected chi connectivity index (χ4v) is 2.66. The predicted molar refractivity (Wildman–Crippen MR) is 104 cm³/mol. The average Bonchev–Trinajstić information content (AvgIpc) is 2.72. The van der Waals surface area contributed by atoms with E-state index in [1.807, 2.05) is 24.3 Å². The summed E-state index contributed by atoms with van der Waals surface area (Å²) in [6.45, 7) is 2.63. The third-order valence-corrected chi connectivity index (χ3v) is 4.17. The summed E-state index contributed by atoms with van der Waals surface area (Å²) in [5.74, 6) is 1.63. The summed E-state index contributed by atoms with van der Waals surface area (Å²) in [5, 5.41) is 9.87.